The molecule has 0 amide bonds. The van der Waals surface area contributed by atoms with Crippen molar-refractivity contribution in [1.29, 1.82) is 0 Å². The molecule has 0 atom stereocenters. The Morgan fingerprint density at radius 1 is 1.37 bits per heavy atom. The van der Waals surface area contributed by atoms with Crippen molar-refractivity contribution < 1.29 is 4.79 Å². The lowest BCUT2D eigenvalue weighted by atomic mass is 10.1. The summed E-state index contributed by atoms with van der Waals surface area (Å²) in [4.78, 5) is 12.3. The van der Waals surface area contributed by atoms with Crippen molar-refractivity contribution in [3.8, 4) is 0 Å². The maximum Gasteiger partial charge on any atom is 0.172 e. The molecule has 0 bridgehead atoms. The van der Waals surface area contributed by atoms with Crippen molar-refractivity contribution in [3.63, 3.8) is 0 Å². The number of halogens is 1. The molecular formula is C13H17BrN4O. The van der Waals surface area contributed by atoms with Gasteiger partial charge in [0.15, 0.2) is 5.78 Å². The van der Waals surface area contributed by atoms with Gasteiger partial charge in [0.25, 0.3) is 0 Å². The van der Waals surface area contributed by atoms with Crippen LogP contribution in [0.1, 0.15) is 34.4 Å². The molecule has 0 radical (unpaired) electrons. The lowest BCUT2D eigenvalue weighted by Crippen LogP contribution is -2.08. The molecule has 102 valence electrons. The van der Waals surface area contributed by atoms with Gasteiger partial charge in [-0.2, -0.15) is 10.2 Å². The van der Waals surface area contributed by atoms with Gasteiger partial charge >= 0.3 is 0 Å². The van der Waals surface area contributed by atoms with Crippen LogP contribution < -0.4 is 0 Å². The zero-order valence-corrected chi connectivity index (χ0v) is 13.2. The summed E-state index contributed by atoms with van der Waals surface area (Å²) >= 11 is 3.53. The van der Waals surface area contributed by atoms with Crippen molar-refractivity contribution >= 4 is 21.7 Å². The Morgan fingerprint density at radius 2 is 2.05 bits per heavy atom. The summed E-state index contributed by atoms with van der Waals surface area (Å²) in [5.74, 6) is 0.0666. The third-order valence-corrected chi connectivity index (χ3v) is 4.06. The molecule has 0 saturated heterocycles. The number of carbonyl (C=O) groups excluding carboxylic acids is 1. The zero-order valence-electron chi connectivity index (χ0n) is 11.6. The Balaban J connectivity index is 2.29. The van der Waals surface area contributed by atoms with Crippen LogP contribution in [0, 0.1) is 6.92 Å². The monoisotopic (exact) mass is 324 g/mol. The van der Waals surface area contributed by atoms with Gasteiger partial charge in [-0.25, -0.2) is 0 Å². The van der Waals surface area contributed by atoms with Gasteiger partial charge in [0.2, 0.25) is 0 Å². The van der Waals surface area contributed by atoms with E-state index in [1.165, 1.54) is 0 Å². The van der Waals surface area contributed by atoms with E-state index in [1.54, 1.807) is 15.6 Å². The molecule has 0 unspecified atom stereocenters. The van der Waals surface area contributed by atoms with Gasteiger partial charge in [0.05, 0.1) is 33.5 Å². The molecule has 0 aliphatic heterocycles. The first-order chi connectivity index (χ1) is 8.93. The Kier molecular flexibility index (Phi) is 3.89. The molecule has 0 aliphatic rings. The second kappa shape index (κ2) is 5.28. The second-order valence-corrected chi connectivity index (χ2v) is 5.38. The van der Waals surface area contributed by atoms with Gasteiger partial charge in [-0.1, -0.05) is 6.92 Å². The average molecular weight is 325 g/mol. The second-order valence-electron chi connectivity index (χ2n) is 4.59. The van der Waals surface area contributed by atoms with Gasteiger partial charge < -0.3 is 0 Å². The summed E-state index contributed by atoms with van der Waals surface area (Å²) in [6, 6.07) is 0. The summed E-state index contributed by atoms with van der Waals surface area (Å²) in [5, 5.41) is 8.60. The lowest BCUT2D eigenvalue weighted by molar-refractivity contribution is 0.0990. The van der Waals surface area contributed by atoms with Gasteiger partial charge in [0.1, 0.15) is 0 Å². The van der Waals surface area contributed by atoms with E-state index >= 15 is 0 Å². The summed E-state index contributed by atoms with van der Waals surface area (Å²) < 4.78 is 4.37. The van der Waals surface area contributed by atoms with Crippen LogP contribution >= 0.6 is 15.9 Å². The van der Waals surface area contributed by atoms with Crippen LogP contribution in [0.3, 0.4) is 0 Å². The minimum atomic E-state index is 0.0666. The van der Waals surface area contributed by atoms with Crippen LogP contribution in [0.15, 0.2) is 10.7 Å². The number of hydrogen-bond acceptors (Lipinski definition) is 3. The highest BCUT2D eigenvalue weighted by Crippen LogP contribution is 2.23. The number of hydrogen-bond donors (Lipinski definition) is 0. The first kappa shape index (κ1) is 14.0. The number of ketones is 1. The number of Topliss-reactive ketones (excluding diaryl/α,β-unsaturated/α-hetero) is 1. The number of aromatic nitrogens is 4. The molecule has 0 spiro atoms. The van der Waals surface area contributed by atoms with Crippen LogP contribution in [-0.4, -0.2) is 25.3 Å². The minimum absolute atomic E-state index is 0.0666. The fraction of sp³-hybridized carbons (Fsp3) is 0.462. The Hall–Kier alpha value is -1.43. The molecule has 0 fully saturated rings. The van der Waals surface area contributed by atoms with E-state index in [0.29, 0.717) is 12.0 Å². The topological polar surface area (TPSA) is 52.7 Å². The molecular weight excluding hydrogens is 308 g/mol. The maximum atomic E-state index is 12.3. The molecule has 0 aliphatic carbocycles. The van der Waals surface area contributed by atoms with Crippen molar-refractivity contribution in [3.05, 3.63) is 33.3 Å². The van der Waals surface area contributed by atoms with Gasteiger partial charge in [-0.15, -0.1) is 0 Å². The quantitative estimate of drug-likeness (QED) is 0.810. The van der Waals surface area contributed by atoms with Crippen LogP contribution in [0.25, 0.3) is 0 Å². The molecule has 2 heterocycles. The Bertz CT molecular complexity index is 627. The van der Waals surface area contributed by atoms with Crippen LogP contribution in [-0.2, 0) is 26.9 Å². The molecule has 2 aromatic rings. The fourth-order valence-electron chi connectivity index (χ4n) is 2.13. The SMILES string of the molecule is CCc1nn(C)c(CC(=O)c2cn(C)nc2C)c1Br. The molecule has 0 N–H and O–H groups in total. The third-order valence-electron chi connectivity index (χ3n) is 3.14. The highest BCUT2D eigenvalue weighted by molar-refractivity contribution is 9.10. The summed E-state index contributed by atoms with van der Waals surface area (Å²) in [7, 11) is 3.68. The van der Waals surface area contributed by atoms with Crippen LogP contribution in [0.5, 0.6) is 0 Å². The highest BCUT2D eigenvalue weighted by Gasteiger charge is 2.19. The van der Waals surface area contributed by atoms with Crippen LogP contribution in [0.4, 0.5) is 0 Å². The molecule has 2 rings (SSSR count). The fourth-order valence-corrected chi connectivity index (χ4v) is 2.89. The van der Waals surface area contributed by atoms with E-state index in [9.17, 15) is 4.79 Å². The summed E-state index contributed by atoms with van der Waals surface area (Å²) in [6.07, 6.45) is 2.94. The Labute approximate surface area is 120 Å². The van der Waals surface area contributed by atoms with E-state index < -0.39 is 0 Å². The maximum absolute atomic E-state index is 12.3. The number of rotatable bonds is 4. The van der Waals surface area contributed by atoms with Gasteiger partial charge in [0, 0.05) is 20.3 Å². The first-order valence-corrected chi connectivity index (χ1v) is 6.97. The Morgan fingerprint density at radius 3 is 2.53 bits per heavy atom. The minimum Gasteiger partial charge on any atom is -0.294 e. The predicted octanol–water partition coefficient (Wildman–Crippen LogP) is 2.21. The molecule has 5 nitrogen and oxygen atoms in total. The predicted molar refractivity (Wildman–Crippen MR) is 76.3 cm³/mol. The van der Waals surface area contributed by atoms with E-state index in [4.69, 9.17) is 0 Å². The van der Waals surface area contributed by atoms with Gasteiger partial charge in [-0.05, 0) is 29.3 Å². The number of aryl methyl sites for hydroxylation is 4. The summed E-state index contributed by atoms with van der Waals surface area (Å²) in [6.45, 7) is 3.90. The molecule has 6 heteroatoms. The largest absolute Gasteiger partial charge is 0.294 e. The van der Waals surface area contributed by atoms with E-state index in [0.717, 1.165) is 28.0 Å². The van der Waals surface area contributed by atoms with E-state index in [2.05, 4.69) is 26.1 Å². The first-order valence-electron chi connectivity index (χ1n) is 6.17. The number of nitrogens with zero attached hydrogens (tertiary/aromatic N) is 4. The van der Waals surface area contributed by atoms with Crippen molar-refractivity contribution in [1.82, 2.24) is 19.6 Å². The van der Waals surface area contributed by atoms with Crippen LogP contribution in [0.2, 0.25) is 0 Å². The van der Waals surface area contributed by atoms with E-state index in [-0.39, 0.29) is 5.78 Å². The standard InChI is InChI=1S/C13H17BrN4O/c1-5-10-13(14)11(18(4)16-10)6-12(19)9-7-17(3)15-8(9)2/h7H,5-6H2,1-4H3. The van der Waals surface area contributed by atoms with Crippen molar-refractivity contribution in [2.24, 2.45) is 14.1 Å². The highest BCUT2D eigenvalue weighted by atomic mass is 79.9. The summed E-state index contributed by atoms with van der Waals surface area (Å²) in [5.41, 5.74) is 3.33. The third kappa shape index (κ3) is 2.63. The average Bonchev–Trinajstić information content (AvgIpc) is 2.82. The molecule has 2 aromatic heterocycles. The van der Waals surface area contributed by atoms with Gasteiger partial charge in [-0.3, -0.25) is 14.2 Å². The smallest absolute Gasteiger partial charge is 0.172 e. The molecule has 0 saturated carbocycles. The number of carbonyl (C=O) groups is 1. The molecule has 19 heavy (non-hydrogen) atoms. The van der Waals surface area contributed by atoms with Crippen molar-refractivity contribution in [2.45, 2.75) is 26.7 Å². The zero-order chi connectivity index (χ0) is 14.2. The van der Waals surface area contributed by atoms with E-state index in [1.807, 2.05) is 27.9 Å². The normalized spacial score (nSPS) is 11.0. The molecule has 0 aromatic carbocycles. The van der Waals surface area contributed by atoms with Crippen molar-refractivity contribution in [2.75, 3.05) is 0 Å². The lowest BCUT2D eigenvalue weighted by Gasteiger charge is -2.02.